The molecule has 164 valence electrons. The fourth-order valence-corrected chi connectivity index (χ4v) is 3.54. The van der Waals surface area contributed by atoms with Crippen molar-refractivity contribution in [2.24, 2.45) is 11.8 Å². The summed E-state index contributed by atoms with van der Waals surface area (Å²) in [5, 5.41) is 0. The van der Waals surface area contributed by atoms with Crippen LogP contribution in [-0.2, 0) is 9.53 Å². The quantitative estimate of drug-likeness (QED) is 0.125. The van der Waals surface area contributed by atoms with Gasteiger partial charge in [0, 0.05) is 6.42 Å². The minimum atomic E-state index is -0.0540. The van der Waals surface area contributed by atoms with Crippen molar-refractivity contribution in [1.29, 1.82) is 0 Å². The second-order valence-electron chi connectivity index (χ2n) is 8.56. The lowest BCUT2D eigenvalue weighted by Gasteiger charge is -2.14. The Balaban J connectivity index is 3.56. The number of allylic oxidation sites excluding steroid dienone is 3. The molecule has 0 aromatic heterocycles. The minimum Gasteiger partial charge on any atom is -0.461 e. The molecule has 0 saturated heterocycles. The van der Waals surface area contributed by atoms with E-state index in [1.165, 1.54) is 64.2 Å². The van der Waals surface area contributed by atoms with Crippen LogP contribution in [0.3, 0.4) is 0 Å². The van der Waals surface area contributed by atoms with Gasteiger partial charge in [-0.05, 0) is 31.6 Å². The zero-order chi connectivity index (χ0) is 20.9. The number of ether oxygens (including phenoxy) is 1. The summed E-state index contributed by atoms with van der Waals surface area (Å²) >= 11 is 0. The Kier molecular flexibility index (Phi) is 19.9. The summed E-state index contributed by atoms with van der Waals surface area (Å²) in [7, 11) is 0. The van der Waals surface area contributed by atoms with E-state index in [2.05, 4.69) is 39.0 Å². The monoisotopic (exact) mass is 392 g/mol. The van der Waals surface area contributed by atoms with E-state index >= 15 is 0 Å². The lowest BCUT2D eigenvalue weighted by atomic mass is 9.93. The van der Waals surface area contributed by atoms with Crippen molar-refractivity contribution < 1.29 is 9.53 Å². The molecule has 0 aromatic carbocycles. The van der Waals surface area contributed by atoms with Gasteiger partial charge in [0.2, 0.25) is 0 Å². The number of carbonyl (C=O) groups excluding carboxylic acids is 1. The lowest BCUT2D eigenvalue weighted by molar-refractivity contribution is -0.143. The van der Waals surface area contributed by atoms with Gasteiger partial charge in [0.25, 0.3) is 0 Å². The van der Waals surface area contributed by atoms with E-state index < -0.39 is 0 Å². The SMILES string of the molecule is CC=CCCC=CCOC(=O)CC(C)CCCC(C)CCCCCCCCC. The van der Waals surface area contributed by atoms with Crippen LogP contribution in [0.25, 0.3) is 0 Å². The third kappa shape index (κ3) is 19.7. The van der Waals surface area contributed by atoms with E-state index in [4.69, 9.17) is 4.74 Å². The van der Waals surface area contributed by atoms with Crippen LogP contribution in [0, 0.1) is 11.8 Å². The van der Waals surface area contributed by atoms with Crippen LogP contribution in [0.4, 0.5) is 0 Å². The summed E-state index contributed by atoms with van der Waals surface area (Å²) in [6.45, 7) is 9.28. The molecule has 0 N–H and O–H groups in total. The molecule has 2 unspecified atom stereocenters. The van der Waals surface area contributed by atoms with Gasteiger partial charge in [0.05, 0.1) is 0 Å². The molecular formula is C26H48O2. The van der Waals surface area contributed by atoms with Crippen molar-refractivity contribution in [3.05, 3.63) is 24.3 Å². The maximum atomic E-state index is 11.9. The first-order valence-electron chi connectivity index (χ1n) is 12.0. The standard InChI is InChI=1S/C26H48O2/c1-5-7-9-11-13-14-16-19-24(3)20-18-21-25(4)23-26(27)28-22-17-15-12-10-8-6-2/h6,8,15,17,24-25H,5,7,9-14,16,18-23H2,1-4H3. The Morgan fingerprint density at radius 1 is 0.786 bits per heavy atom. The van der Waals surface area contributed by atoms with Crippen LogP contribution in [0.5, 0.6) is 0 Å². The molecule has 0 fully saturated rings. The first kappa shape index (κ1) is 27.0. The molecule has 2 nitrogen and oxygen atoms in total. The van der Waals surface area contributed by atoms with Gasteiger partial charge in [0.15, 0.2) is 0 Å². The Hall–Kier alpha value is -1.05. The average molecular weight is 393 g/mol. The zero-order valence-corrected chi connectivity index (χ0v) is 19.4. The Labute approximate surface area is 176 Å². The van der Waals surface area contributed by atoms with Crippen molar-refractivity contribution in [2.75, 3.05) is 6.61 Å². The average Bonchev–Trinajstić information content (AvgIpc) is 2.66. The lowest BCUT2D eigenvalue weighted by Crippen LogP contribution is -2.10. The van der Waals surface area contributed by atoms with E-state index in [-0.39, 0.29) is 5.97 Å². The number of carbonyl (C=O) groups is 1. The highest BCUT2D eigenvalue weighted by atomic mass is 16.5. The van der Waals surface area contributed by atoms with Gasteiger partial charge in [-0.1, -0.05) is 116 Å². The maximum Gasteiger partial charge on any atom is 0.306 e. The number of unbranched alkanes of at least 4 members (excludes halogenated alkanes) is 7. The third-order valence-corrected chi connectivity index (χ3v) is 5.45. The van der Waals surface area contributed by atoms with Crippen LogP contribution >= 0.6 is 0 Å². The second kappa shape index (κ2) is 20.7. The molecule has 0 bridgehead atoms. The van der Waals surface area contributed by atoms with Crippen LogP contribution in [0.1, 0.15) is 118 Å². The molecule has 0 aliphatic carbocycles. The first-order chi connectivity index (χ1) is 13.6. The summed E-state index contributed by atoms with van der Waals surface area (Å²) in [6.07, 6.45) is 25.7. The summed E-state index contributed by atoms with van der Waals surface area (Å²) in [6, 6.07) is 0. The maximum absolute atomic E-state index is 11.9. The molecule has 28 heavy (non-hydrogen) atoms. The van der Waals surface area contributed by atoms with Crippen molar-refractivity contribution >= 4 is 5.97 Å². The van der Waals surface area contributed by atoms with Gasteiger partial charge in [-0.2, -0.15) is 0 Å². The smallest absolute Gasteiger partial charge is 0.306 e. The predicted octanol–water partition coefficient (Wildman–Crippen LogP) is 8.42. The van der Waals surface area contributed by atoms with Crippen LogP contribution < -0.4 is 0 Å². The first-order valence-corrected chi connectivity index (χ1v) is 12.0. The molecular weight excluding hydrogens is 344 g/mol. The number of esters is 1. The van der Waals surface area contributed by atoms with Crippen LogP contribution in [0.2, 0.25) is 0 Å². The number of hydrogen-bond donors (Lipinski definition) is 0. The normalized spacial score (nSPS) is 14.0. The van der Waals surface area contributed by atoms with E-state index in [1.54, 1.807) is 0 Å². The van der Waals surface area contributed by atoms with Crippen molar-refractivity contribution in [1.82, 2.24) is 0 Å². The minimum absolute atomic E-state index is 0.0540. The predicted molar refractivity (Wildman–Crippen MR) is 124 cm³/mol. The molecule has 0 heterocycles. The van der Waals surface area contributed by atoms with Gasteiger partial charge < -0.3 is 4.74 Å². The molecule has 0 rings (SSSR count). The molecule has 0 saturated carbocycles. The molecule has 0 aromatic rings. The third-order valence-electron chi connectivity index (χ3n) is 5.45. The van der Waals surface area contributed by atoms with Gasteiger partial charge in [-0.3, -0.25) is 4.79 Å². The van der Waals surface area contributed by atoms with E-state index in [0.717, 1.165) is 25.2 Å². The van der Waals surface area contributed by atoms with Gasteiger partial charge in [-0.25, -0.2) is 0 Å². The number of rotatable bonds is 19. The summed E-state index contributed by atoms with van der Waals surface area (Å²) in [5.74, 6) is 1.20. The highest BCUT2D eigenvalue weighted by Gasteiger charge is 2.11. The van der Waals surface area contributed by atoms with Crippen molar-refractivity contribution in [2.45, 2.75) is 118 Å². The van der Waals surface area contributed by atoms with Gasteiger partial charge >= 0.3 is 5.97 Å². The van der Waals surface area contributed by atoms with Gasteiger partial charge in [0.1, 0.15) is 6.61 Å². The highest BCUT2D eigenvalue weighted by molar-refractivity contribution is 5.69. The molecule has 0 spiro atoms. The summed E-state index contributed by atoms with van der Waals surface area (Å²) in [5.41, 5.74) is 0. The van der Waals surface area contributed by atoms with Crippen LogP contribution in [0.15, 0.2) is 24.3 Å². The Morgan fingerprint density at radius 2 is 1.39 bits per heavy atom. The molecule has 2 atom stereocenters. The van der Waals surface area contributed by atoms with E-state index in [0.29, 0.717) is 18.9 Å². The molecule has 0 aliphatic rings. The molecule has 0 radical (unpaired) electrons. The van der Waals surface area contributed by atoms with Crippen LogP contribution in [-0.4, -0.2) is 12.6 Å². The number of hydrogen-bond acceptors (Lipinski definition) is 2. The molecule has 2 heteroatoms. The molecule has 0 aliphatic heterocycles. The fourth-order valence-electron chi connectivity index (χ4n) is 3.54. The summed E-state index contributed by atoms with van der Waals surface area (Å²) < 4.78 is 5.30. The zero-order valence-electron chi connectivity index (χ0n) is 19.4. The Morgan fingerprint density at radius 3 is 2.11 bits per heavy atom. The topological polar surface area (TPSA) is 26.3 Å². The second-order valence-corrected chi connectivity index (χ2v) is 8.56. The fraction of sp³-hybridized carbons (Fsp3) is 0.808. The van der Waals surface area contributed by atoms with Crippen molar-refractivity contribution in [3.8, 4) is 0 Å². The van der Waals surface area contributed by atoms with Gasteiger partial charge in [-0.15, -0.1) is 0 Å². The Bertz CT molecular complexity index is 397. The molecule has 0 amide bonds. The summed E-state index contributed by atoms with van der Waals surface area (Å²) in [4.78, 5) is 11.9. The van der Waals surface area contributed by atoms with Crippen molar-refractivity contribution in [3.63, 3.8) is 0 Å². The largest absolute Gasteiger partial charge is 0.461 e. The highest BCUT2D eigenvalue weighted by Crippen LogP contribution is 2.20. The van der Waals surface area contributed by atoms with E-state index in [1.807, 2.05) is 13.0 Å². The van der Waals surface area contributed by atoms with E-state index in [9.17, 15) is 4.79 Å².